The lowest BCUT2D eigenvalue weighted by atomic mass is 9.67. The Bertz CT molecular complexity index is 6540. The molecule has 0 N–H and O–H groups in total. The number of rotatable bonds is 30. The van der Waals surface area contributed by atoms with Crippen molar-refractivity contribution in [1.29, 1.82) is 0 Å². The Kier molecular flexibility index (Phi) is 22.0. The van der Waals surface area contributed by atoms with Crippen LogP contribution in [0.5, 0.6) is 0 Å². The largest absolute Gasteiger partial charge is 0.310 e. The minimum atomic E-state index is -0.646. The summed E-state index contributed by atoms with van der Waals surface area (Å²) >= 11 is 0. The zero-order valence-corrected chi connectivity index (χ0v) is 75.0. The van der Waals surface area contributed by atoms with Gasteiger partial charge in [-0.2, -0.15) is 0 Å². The molecule has 21 rings (SSSR count). The Morgan fingerprint density at radius 1 is 0.220 bits per heavy atom. The minimum absolute atomic E-state index is 0.477. The summed E-state index contributed by atoms with van der Waals surface area (Å²) in [5.74, 6) is 0. The first kappa shape index (κ1) is 81.2. The van der Waals surface area contributed by atoms with E-state index in [2.05, 4.69) is 403 Å². The average Bonchev–Trinajstić information content (AvgIpc) is 1.51. The first-order valence-electron chi connectivity index (χ1n) is 48.0. The first-order valence-corrected chi connectivity index (χ1v) is 48.0. The van der Waals surface area contributed by atoms with E-state index in [9.17, 15) is 0 Å². The summed E-state index contributed by atoms with van der Waals surface area (Å²) in [6, 6.07) is 139. The number of unbranched alkanes of at least 4 members (excludes halogenated alkanes) is 12. The standard InChI is InChI=1S/C125H116N2/c1-7-11-15-20-32-87-46-58-95(59-47-87)123(96-60-48-88(49-61-96)33-21-16-12-8-2)116-78-85(5)44-71-106(116)109-73-68-100(82-118(109)123)126(101-69-74-110-107-72-45-86(6)79-117(107)124(119(110)83-101,97-62-50-89(51-63-97)34-22-17-13-9-3)98-64-52-90(53-65-98)35-23-18-14-10-4)99-66-54-92(55-67-99)94-57-77-122-112(81-94)111-80-93(91-36-24-19-25-37-91)56-76-121(111)127(122)102-70-75-108-105-40-28-31-43-115(105)125(120(108)84-102)113-41-29-26-38-103(113)104-39-27-30-42-114(104)125/h19,24-31,36-84H,7-18,20-23,32-35H2,1-6H3. The Labute approximate surface area is 753 Å². The number of fused-ring (bicyclic) bond motifs is 19. The van der Waals surface area contributed by atoms with Gasteiger partial charge in [0.25, 0.3) is 0 Å². The number of benzene rings is 16. The number of nitrogens with zero attached hydrogens (tertiary/aromatic N) is 2. The summed E-state index contributed by atoms with van der Waals surface area (Å²) in [5, 5.41) is 2.44. The highest BCUT2D eigenvalue weighted by molar-refractivity contribution is 6.12. The summed E-state index contributed by atoms with van der Waals surface area (Å²) in [6.07, 6.45) is 24.2. The van der Waals surface area contributed by atoms with E-state index in [1.807, 2.05) is 0 Å². The third-order valence-corrected chi connectivity index (χ3v) is 29.5. The lowest BCUT2D eigenvalue weighted by Gasteiger charge is -2.36. The Hall–Kier alpha value is -12.9. The van der Waals surface area contributed by atoms with Crippen molar-refractivity contribution in [1.82, 2.24) is 4.57 Å². The molecule has 2 nitrogen and oxygen atoms in total. The third kappa shape index (κ3) is 13.9. The van der Waals surface area contributed by atoms with Crippen LogP contribution in [0.2, 0.25) is 0 Å². The average molecular weight is 1650 g/mol. The summed E-state index contributed by atoms with van der Waals surface area (Å²) in [4.78, 5) is 2.61. The van der Waals surface area contributed by atoms with Crippen LogP contribution < -0.4 is 4.90 Å². The van der Waals surface area contributed by atoms with Crippen LogP contribution in [0.25, 0.3) is 94.3 Å². The van der Waals surface area contributed by atoms with Crippen LogP contribution >= 0.6 is 0 Å². The molecule has 1 heterocycles. The molecule has 2 heteroatoms. The van der Waals surface area contributed by atoms with Crippen molar-refractivity contribution >= 4 is 38.9 Å². The predicted molar refractivity (Wildman–Crippen MR) is 538 cm³/mol. The van der Waals surface area contributed by atoms with E-state index in [4.69, 9.17) is 0 Å². The van der Waals surface area contributed by atoms with Gasteiger partial charge in [-0.25, -0.2) is 0 Å². The summed E-state index contributed by atoms with van der Waals surface area (Å²) < 4.78 is 2.55. The SMILES string of the molecule is CCCCCCc1ccc(C2(c3ccc(CCCCCC)cc3)c3cc(C)ccc3-c3ccc(N(c4ccc(-c5ccc6c(c5)c5cc(-c7ccccc7)ccc5n6-c5ccc6c(c5)C5(c7ccccc7-c7ccccc75)c5ccccc5-6)cc4)c4ccc5c(c4)C(c4ccc(CCCCCC)cc4)(c4ccc(CCCCCC)cc4)c4cc(C)ccc4-5)cc32)cc1. The van der Waals surface area contributed by atoms with Crippen LogP contribution in [-0.2, 0) is 41.9 Å². The molecular formula is C125H116N2. The normalized spacial score (nSPS) is 13.6. The highest BCUT2D eigenvalue weighted by Crippen LogP contribution is 2.65. The van der Waals surface area contributed by atoms with E-state index in [1.54, 1.807) is 0 Å². The smallest absolute Gasteiger partial charge is 0.0726 e. The van der Waals surface area contributed by atoms with Gasteiger partial charge in [-0.1, -0.05) is 395 Å². The number of hydrogen-bond acceptors (Lipinski definition) is 1. The van der Waals surface area contributed by atoms with Crippen LogP contribution in [0.4, 0.5) is 17.1 Å². The molecule has 4 aliphatic rings. The van der Waals surface area contributed by atoms with E-state index in [0.29, 0.717) is 0 Å². The van der Waals surface area contributed by atoms with E-state index >= 15 is 0 Å². The molecule has 0 atom stereocenters. The van der Waals surface area contributed by atoms with Gasteiger partial charge in [-0.05, 0) is 294 Å². The minimum Gasteiger partial charge on any atom is -0.310 e. The molecule has 0 saturated carbocycles. The maximum Gasteiger partial charge on any atom is 0.0726 e. The second-order valence-corrected chi connectivity index (χ2v) is 37.3. The van der Waals surface area contributed by atoms with E-state index < -0.39 is 16.2 Å². The fraction of sp³-hybridized carbons (Fsp3) is 0.232. The van der Waals surface area contributed by atoms with Gasteiger partial charge in [-0.3, -0.25) is 0 Å². The molecule has 16 aromatic carbocycles. The lowest BCUT2D eigenvalue weighted by molar-refractivity contribution is 0.666. The van der Waals surface area contributed by atoms with Gasteiger partial charge in [0.05, 0.1) is 27.3 Å². The van der Waals surface area contributed by atoms with Crippen molar-refractivity contribution in [3.8, 4) is 72.4 Å². The second kappa shape index (κ2) is 34.5. The molecular weight excluding hydrogens is 1530 g/mol. The molecule has 127 heavy (non-hydrogen) atoms. The van der Waals surface area contributed by atoms with E-state index in [1.165, 1.54) is 286 Å². The predicted octanol–water partition coefficient (Wildman–Crippen LogP) is 33.8. The highest BCUT2D eigenvalue weighted by atomic mass is 15.1. The maximum absolute atomic E-state index is 2.62. The molecule has 0 amide bonds. The van der Waals surface area contributed by atoms with Gasteiger partial charge in [0, 0.05) is 33.5 Å². The van der Waals surface area contributed by atoms with Gasteiger partial charge >= 0.3 is 0 Å². The van der Waals surface area contributed by atoms with Gasteiger partial charge in [-0.15, -0.1) is 0 Å². The van der Waals surface area contributed by atoms with Crippen molar-refractivity contribution in [2.75, 3.05) is 4.90 Å². The van der Waals surface area contributed by atoms with Crippen LogP contribution in [0.1, 0.15) is 231 Å². The van der Waals surface area contributed by atoms with Gasteiger partial charge < -0.3 is 9.47 Å². The molecule has 17 aromatic rings. The molecule has 1 aromatic heterocycles. The quantitative estimate of drug-likeness (QED) is 0.0407. The zero-order valence-electron chi connectivity index (χ0n) is 75.0. The molecule has 626 valence electrons. The van der Waals surface area contributed by atoms with Crippen molar-refractivity contribution in [3.05, 3.63) is 452 Å². The third-order valence-electron chi connectivity index (χ3n) is 29.5. The Morgan fingerprint density at radius 2 is 0.528 bits per heavy atom. The fourth-order valence-corrected chi connectivity index (χ4v) is 23.2. The molecule has 0 bridgehead atoms. The maximum atomic E-state index is 2.62. The van der Waals surface area contributed by atoms with E-state index in [0.717, 1.165) is 54.0 Å². The topological polar surface area (TPSA) is 8.17 Å². The zero-order chi connectivity index (χ0) is 85.7. The van der Waals surface area contributed by atoms with Crippen LogP contribution in [0.15, 0.2) is 352 Å². The van der Waals surface area contributed by atoms with Gasteiger partial charge in [0.1, 0.15) is 0 Å². The molecule has 0 unspecified atom stereocenters. The lowest BCUT2D eigenvalue weighted by Crippen LogP contribution is -2.29. The number of anilines is 3. The number of hydrogen-bond donors (Lipinski definition) is 0. The van der Waals surface area contributed by atoms with E-state index in [-0.39, 0.29) is 0 Å². The first-order chi connectivity index (χ1) is 62.6. The second-order valence-electron chi connectivity index (χ2n) is 37.3. The van der Waals surface area contributed by atoms with Gasteiger partial charge in [0.2, 0.25) is 0 Å². The van der Waals surface area contributed by atoms with Crippen molar-refractivity contribution in [2.45, 2.75) is 186 Å². The highest BCUT2D eigenvalue weighted by Gasteiger charge is 2.53. The molecule has 0 saturated heterocycles. The van der Waals surface area contributed by atoms with Crippen LogP contribution in [0, 0.1) is 13.8 Å². The van der Waals surface area contributed by atoms with Crippen LogP contribution in [-0.4, -0.2) is 4.57 Å². The van der Waals surface area contributed by atoms with Crippen molar-refractivity contribution < 1.29 is 0 Å². The van der Waals surface area contributed by atoms with Gasteiger partial charge in [0.15, 0.2) is 0 Å². The van der Waals surface area contributed by atoms with Crippen molar-refractivity contribution in [3.63, 3.8) is 0 Å². The number of aromatic nitrogens is 1. The summed E-state index contributed by atoms with van der Waals surface area (Å²) in [7, 11) is 0. The molecule has 0 aliphatic heterocycles. The Morgan fingerprint density at radius 3 is 0.906 bits per heavy atom. The molecule has 1 spiro atoms. The molecule has 0 radical (unpaired) electrons. The molecule has 4 aliphatic carbocycles. The van der Waals surface area contributed by atoms with Crippen LogP contribution in [0.3, 0.4) is 0 Å². The fourth-order valence-electron chi connectivity index (χ4n) is 23.2. The monoisotopic (exact) mass is 1640 g/mol. The van der Waals surface area contributed by atoms with Crippen molar-refractivity contribution in [2.24, 2.45) is 0 Å². The summed E-state index contributed by atoms with van der Waals surface area (Å²) in [6.45, 7) is 13.8. The Balaban J connectivity index is 0.755. The molecule has 0 fully saturated rings. The summed E-state index contributed by atoms with van der Waals surface area (Å²) in [5.41, 5.74) is 44.2. The number of aryl methyl sites for hydroxylation is 6.